The second kappa shape index (κ2) is 6.66. The zero-order valence-corrected chi connectivity index (χ0v) is 13.3. The predicted molar refractivity (Wildman–Crippen MR) is 88.8 cm³/mol. The molecule has 2 aromatic carbocycles. The molecule has 0 aliphatic rings. The minimum absolute atomic E-state index is 0.659. The summed E-state index contributed by atoms with van der Waals surface area (Å²) in [5.41, 5.74) is 9.75. The molecule has 0 unspecified atom stereocenters. The molecule has 2 rings (SSSR count). The summed E-state index contributed by atoms with van der Waals surface area (Å²) < 4.78 is 6.67. The van der Waals surface area contributed by atoms with E-state index in [4.69, 9.17) is 10.5 Å². The van der Waals surface area contributed by atoms with E-state index in [2.05, 4.69) is 47.2 Å². The molecule has 0 aliphatic carbocycles. The fourth-order valence-corrected chi connectivity index (χ4v) is 2.42. The molecule has 0 radical (unpaired) electrons. The maximum atomic E-state index is 5.91. The molecule has 0 heterocycles. The summed E-state index contributed by atoms with van der Waals surface area (Å²) in [7, 11) is 0. The zero-order chi connectivity index (χ0) is 14.5. The fraction of sp³-hybridized carbons (Fsp3) is 0.250. The number of halogens is 1. The van der Waals surface area contributed by atoms with Crippen LogP contribution in [0.1, 0.15) is 18.9 Å². The van der Waals surface area contributed by atoms with Crippen LogP contribution >= 0.6 is 15.9 Å². The second-order valence-corrected chi connectivity index (χ2v) is 5.56. The average molecular weight is 335 g/mol. The number of hydrogen-bond acceptors (Lipinski definition) is 3. The van der Waals surface area contributed by atoms with Gasteiger partial charge < -0.3 is 15.8 Å². The van der Waals surface area contributed by atoms with Crippen molar-refractivity contribution < 1.29 is 4.74 Å². The van der Waals surface area contributed by atoms with Crippen LogP contribution in [0.4, 0.5) is 17.1 Å². The molecule has 0 saturated heterocycles. The molecule has 0 fully saturated rings. The molecule has 106 valence electrons. The number of aryl methyl sites for hydroxylation is 1. The van der Waals surface area contributed by atoms with Crippen molar-refractivity contribution in [1.82, 2.24) is 0 Å². The van der Waals surface area contributed by atoms with Crippen LogP contribution in [0.25, 0.3) is 0 Å². The van der Waals surface area contributed by atoms with Crippen LogP contribution in [-0.4, -0.2) is 6.61 Å². The Hall–Kier alpha value is -1.68. The van der Waals surface area contributed by atoms with E-state index in [9.17, 15) is 0 Å². The smallest absolute Gasteiger partial charge is 0.144 e. The maximum absolute atomic E-state index is 5.91. The Morgan fingerprint density at radius 2 is 2.00 bits per heavy atom. The van der Waals surface area contributed by atoms with Gasteiger partial charge in [0.15, 0.2) is 0 Å². The van der Waals surface area contributed by atoms with Gasteiger partial charge in [-0.15, -0.1) is 0 Å². The molecular formula is C16H19BrN2O. The summed E-state index contributed by atoms with van der Waals surface area (Å²) in [5.74, 6) is 0.722. The summed E-state index contributed by atoms with van der Waals surface area (Å²) in [6.07, 6.45) is 0.959. The first-order chi connectivity index (χ1) is 9.60. The van der Waals surface area contributed by atoms with Crippen LogP contribution in [0.5, 0.6) is 5.75 Å². The third-order valence-corrected chi connectivity index (χ3v) is 3.53. The van der Waals surface area contributed by atoms with Crippen molar-refractivity contribution in [2.45, 2.75) is 20.3 Å². The minimum atomic E-state index is 0.659. The molecule has 0 bridgehead atoms. The molecule has 0 amide bonds. The molecule has 3 nitrogen and oxygen atoms in total. The first-order valence-corrected chi connectivity index (χ1v) is 7.45. The quantitative estimate of drug-likeness (QED) is 0.766. The fourth-order valence-electron chi connectivity index (χ4n) is 1.83. The van der Waals surface area contributed by atoms with Crippen molar-refractivity contribution in [3.8, 4) is 5.75 Å². The van der Waals surface area contributed by atoms with Gasteiger partial charge in [-0.25, -0.2) is 0 Å². The molecule has 2 aromatic rings. The molecule has 4 heteroatoms. The van der Waals surface area contributed by atoms with Gasteiger partial charge >= 0.3 is 0 Å². The highest BCUT2D eigenvalue weighted by atomic mass is 79.9. The Labute approximate surface area is 128 Å². The SMILES string of the molecule is CCCOc1cc(Nc2ccc(C)cc2Br)ccc1N. The van der Waals surface area contributed by atoms with Crippen LogP contribution in [0.15, 0.2) is 40.9 Å². The van der Waals surface area contributed by atoms with Crippen molar-refractivity contribution in [3.63, 3.8) is 0 Å². The Morgan fingerprint density at radius 3 is 2.70 bits per heavy atom. The van der Waals surface area contributed by atoms with Crippen molar-refractivity contribution in [1.29, 1.82) is 0 Å². The first kappa shape index (κ1) is 14.7. The van der Waals surface area contributed by atoms with Gasteiger partial charge in [-0.3, -0.25) is 0 Å². The van der Waals surface area contributed by atoms with E-state index in [0.29, 0.717) is 12.3 Å². The highest BCUT2D eigenvalue weighted by Crippen LogP contribution is 2.30. The van der Waals surface area contributed by atoms with Crippen LogP contribution < -0.4 is 15.8 Å². The molecule has 0 atom stereocenters. The van der Waals surface area contributed by atoms with Crippen LogP contribution in [-0.2, 0) is 0 Å². The largest absolute Gasteiger partial charge is 0.491 e. The van der Waals surface area contributed by atoms with E-state index in [1.807, 2.05) is 24.3 Å². The van der Waals surface area contributed by atoms with E-state index < -0.39 is 0 Å². The number of nitrogen functional groups attached to an aromatic ring is 1. The molecule has 0 aromatic heterocycles. The van der Waals surface area contributed by atoms with E-state index in [0.717, 1.165) is 28.0 Å². The van der Waals surface area contributed by atoms with Gasteiger partial charge in [0.2, 0.25) is 0 Å². The third-order valence-electron chi connectivity index (χ3n) is 2.88. The summed E-state index contributed by atoms with van der Waals surface area (Å²) in [4.78, 5) is 0. The minimum Gasteiger partial charge on any atom is -0.491 e. The number of ether oxygens (including phenoxy) is 1. The summed E-state index contributed by atoms with van der Waals surface area (Å²) in [6, 6.07) is 11.9. The maximum Gasteiger partial charge on any atom is 0.144 e. The Bertz CT molecular complexity index is 599. The Kier molecular flexibility index (Phi) is 4.90. The van der Waals surface area contributed by atoms with Crippen molar-refractivity contribution >= 4 is 33.0 Å². The molecule has 20 heavy (non-hydrogen) atoms. The third kappa shape index (κ3) is 3.67. The monoisotopic (exact) mass is 334 g/mol. The molecule has 0 spiro atoms. The number of nitrogens with one attached hydrogen (secondary N) is 1. The van der Waals surface area contributed by atoms with Gasteiger partial charge in [-0.05, 0) is 59.1 Å². The van der Waals surface area contributed by atoms with Gasteiger partial charge in [0.1, 0.15) is 5.75 Å². The van der Waals surface area contributed by atoms with E-state index in [1.54, 1.807) is 0 Å². The number of anilines is 3. The van der Waals surface area contributed by atoms with Gasteiger partial charge in [-0.1, -0.05) is 13.0 Å². The number of rotatable bonds is 5. The lowest BCUT2D eigenvalue weighted by atomic mass is 10.2. The normalized spacial score (nSPS) is 10.3. The molecule has 0 saturated carbocycles. The molecule has 3 N–H and O–H groups in total. The van der Waals surface area contributed by atoms with Gasteiger partial charge in [0.25, 0.3) is 0 Å². The highest BCUT2D eigenvalue weighted by Gasteiger charge is 2.05. The van der Waals surface area contributed by atoms with Crippen LogP contribution in [0.2, 0.25) is 0 Å². The van der Waals surface area contributed by atoms with E-state index >= 15 is 0 Å². The van der Waals surface area contributed by atoms with Crippen molar-refractivity contribution in [3.05, 3.63) is 46.4 Å². The predicted octanol–water partition coefficient (Wildman–Crippen LogP) is 4.87. The standard InChI is InChI=1S/C16H19BrN2O/c1-3-8-20-16-10-12(5-6-14(16)18)19-15-7-4-11(2)9-13(15)17/h4-7,9-10,19H,3,8,18H2,1-2H3. The lowest BCUT2D eigenvalue weighted by Crippen LogP contribution is -2.00. The lowest BCUT2D eigenvalue weighted by Gasteiger charge is -2.13. The summed E-state index contributed by atoms with van der Waals surface area (Å²) >= 11 is 3.56. The number of benzene rings is 2. The van der Waals surface area contributed by atoms with Crippen LogP contribution in [0, 0.1) is 6.92 Å². The topological polar surface area (TPSA) is 47.3 Å². The van der Waals surface area contributed by atoms with E-state index in [-0.39, 0.29) is 0 Å². The highest BCUT2D eigenvalue weighted by molar-refractivity contribution is 9.10. The summed E-state index contributed by atoms with van der Waals surface area (Å²) in [5, 5.41) is 3.36. The molecular weight excluding hydrogens is 316 g/mol. The lowest BCUT2D eigenvalue weighted by molar-refractivity contribution is 0.319. The zero-order valence-electron chi connectivity index (χ0n) is 11.7. The van der Waals surface area contributed by atoms with Gasteiger partial charge in [0, 0.05) is 16.2 Å². The second-order valence-electron chi connectivity index (χ2n) is 4.71. The van der Waals surface area contributed by atoms with Gasteiger partial charge in [-0.2, -0.15) is 0 Å². The molecule has 0 aliphatic heterocycles. The van der Waals surface area contributed by atoms with E-state index in [1.165, 1.54) is 5.56 Å². The van der Waals surface area contributed by atoms with Crippen molar-refractivity contribution in [2.75, 3.05) is 17.7 Å². The average Bonchev–Trinajstić information content (AvgIpc) is 2.42. The Morgan fingerprint density at radius 1 is 1.20 bits per heavy atom. The number of nitrogens with two attached hydrogens (primary N) is 1. The van der Waals surface area contributed by atoms with Gasteiger partial charge in [0.05, 0.1) is 18.0 Å². The number of hydrogen-bond donors (Lipinski definition) is 2. The van der Waals surface area contributed by atoms with Crippen LogP contribution in [0.3, 0.4) is 0 Å². The van der Waals surface area contributed by atoms with Crippen molar-refractivity contribution in [2.24, 2.45) is 0 Å². The summed E-state index contributed by atoms with van der Waals surface area (Å²) in [6.45, 7) is 4.80. The Balaban J connectivity index is 2.20. The first-order valence-electron chi connectivity index (χ1n) is 6.65.